The number of anilines is 1. The van der Waals surface area contributed by atoms with Gasteiger partial charge in [-0.2, -0.15) is 0 Å². The topological polar surface area (TPSA) is 72.2 Å². The lowest BCUT2D eigenvalue weighted by Crippen LogP contribution is -2.15. The molecular weight excluding hydrogens is 275 g/mol. The van der Waals surface area contributed by atoms with Crippen molar-refractivity contribution in [1.29, 1.82) is 0 Å². The van der Waals surface area contributed by atoms with Crippen LogP contribution in [0.15, 0.2) is 36.4 Å². The van der Waals surface area contributed by atoms with Gasteiger partial charge in [0.2, 0.25) is 0 Å². The third-order valence-electron chi connectivity index (χ3n) is 3.04. The van der Waals surface area contributed by atoms with Crippen molar-refractivity contribution in [3.8, 4) is 0 Å². The van der Waals surface area contributed by atoms with Crippen LogP contribution in [0.2, 0.25) is 0 Å². The van der Waals surface area contributed by atoms with Gasteiger partial charge in [0.1, 0.15) is 11.4 Å². The number of carbonyl (C=O) groups excluding carboxylic acids is 1. The first-order valence-corrected chi connectivity index (χ1v) is 6.21. The number of nitrogens with one attached hydrogen (secondary N) is 1. The summed E-state index contributed by atoms with van der Waals surface area (Å²) in [6, 6.07) is 8.70. The van der Waals surface area contributed by atoms with Crippen LogP contribution in [0.25, 0.3) is 0 Å². The number of benzene rings is 2. The van der Waals surface area contributed by atoms with Gasteiger partial charge in [-0.15, -0.1) is 0 Å². The van der Waals surface area contributed by atoms with Crippen molar-refractivity contribution in [2.24, 2.45) is 0 Å². The van der Waals surface area contributed by atoms with E-state index in [4.69, 9.17) is 0 Å². The standard InChI is InChI=1S/C15H13FN2O3/c1-9-6-7-12(16)13(8-9)17-15(19)11-5-3-4-10(2)14(11)18(20)21/h3-8H,1-2H3,(H,17,19). The van der Waals surface area contributed by atoms with Gasteiger partial charge < -0.3 is 5.32 Å². The van der Waals surface area contributed by atoms with Crippen LogP contribution in [0.3, 0.4) is 0 Å². The molecule has 0 heterocycles. The summed E-state index contributed by atoms with van der Waals surface area (Å²) in [6.07, 6.45) is 0. The van der Waals surface area contributed by atoms with Gasteiger partial charge in [-0.1, -0.05) is 18.2 Å². The molecule has 0 spiro atoms. The number of aryl methyl sites for hydroxylation is 2. The molecule has 0 saturated carbocycles. The molecule has 2 rings (SSSR count). The van der Waals surface area contributed by atoms with E-state index >= 15 is 0 Å². The molecule has 2 aromatic rings. The van der Waals surface area contributed by atoms with E-state index in [1.807, 2.05) is 0 Å². The predicted octanol–water partition coefficient (Wildman–Crippen LogP) is 3.60. The van der Waals surface area contributed by atoms with Crippen molar-refractivity contribution >= 4 is 17.3 Å². The fraction of sp³-hybridized carbons (Fsp3) is 0.133. The fourth-order valence-electron chi connectivity index (χ4n) is 2.01. The lowest BCUT2D eigenvalue weighted by Gasteiger charge is -2.08. The average Bonchev–Trinajstić information content (AvgIpc) is 2.42. The highest BCUT2D eigenvalue weighted by molar-refractivity contribution is 6.07. The van der Waals surface area contributed by atoms with Crippen LogP contribution in [0.4, 0.5) is 15.8 Å². The van der Waals surface area contributed by atoms with Gasteiger partial charge in [0.05, 0.1) is 10.6 Å². The molecule has 0 aliphatic rings. The van der Waals surface area contributed by atoms with Crippen molar-refractivity contribution in [2.45, 2.75) is 13.8 Å². The van der Waals surface area contributed by atoms with Crippen LogP contribution in [0.1, 0.15) is 21.5 Å². The Hall–Kier alpha value is -2.76. The highest BCUT2D eigenvalue weighted by Crippen LogP contribution is 2.25. The minimum atomic E-state index is -0.713. The fourth-order valence-corrected chi connectivity index (χ4v) is 2.01. The highest BCUT2D eigenvalue weighted by Gasteiger charge is 2.22. The Labute approximate surface area is 120 Å². The van der Waals surface area contributed by atoms with Gasteiger partial charge in [0.25, 0.3) is 11.6 Å². The van der Waals surface area contributed by atoms with E-state index in [1.54, 1.807) is 32.0 Å². The van der Waals surface area contributed by atoms with Crippen molar-refractivity contribution in [3.05, 3.63) is 69.0 Å². The van der Waals surface area contributed by atoms with E-state index in [9.17, 15) is 19.3 Å². The van der Waals surface area contributed by atoms with Crippen LogP contribution in [0, 0.1) is 29.8 Å². The van der Waals surface area contributed by atoms with Gasteiger partial charge in [0.15, 0.2) is 0 Å². The quantitative estimate of drug-likeness (QED) is 0.692. The number of carbonyl (C=O) groups is 1. The molecule has 0 saturated heterocycles. The summed E-state index contributed by atoms with van der Waals surface area (Å²) in [7, 11) is 0. The minimum Gasteiger partial charge on any atom is -0.319 e. The molecule has 2 aromatic carbocycles. The largest absolute Gasteiger partial charge is 0.319 e. The molecule has 5 nitrogen and oxygen atoms in total. The molecule has 1 amide bonds. The van der Waals surface area contributed by atoms with E-state index < -0.39 is 16.6 Å². The maximum atomic E-state index is 13.6. The first-order valence-electron chi connectivity index (χ1n) is 6.21. The second kappa shape index (κ2) is 5.70. The SMILES string of the molecule is Cc1ccc(F)c(NC(=O)c2cccc(C)c2[N+](=O)[O-])c1. The molecule has 0 aliphatic carbocycles. The number of hydrogen-bond donors (Lipinski definition) is 1. The number of rotatable bonds is 3. The number of amides is 1. The number of hydrogen-bond acceptors (Lipinski definition) is 3. The Kier molecular flexibility index (Phi) is 3.98. The zero-order valence-corrected chi connectivity index (χ0v) is 11.5. The van der Waals surface area contributed by atoms with Crippen molar-refractivity contribution in [2.75, 3.05) is 5.32 Å². The number of nitro benzene ring substituents is 1. The highest BCUT2D eigenvalue weighted by atomic mass is 19.1. The minimum absolute atomic E-state index is 0.00389. The third-order valence-corrected chi connectivity index (χ3v) is 3.04. The summed E-state index contributed by atoms with van der Waals surface area (Å²) < 4.78 is 13.6. The monoisotopic (exact) mass is 288 g/mol. The summed E-state index contributed by atoms with van der Waals surface area (Å²) in [6.45, 7) is 3.30. The average molecular weight is 288 g/mol. The Morgan fingerprint density at radius 2 is 1.95 bits per heavy atom. The van der Waals surface area contributed by atoms with Crippen LogP contribution in [-0.2, 0) is 0 Å². The summed E-state index contributed by atoms with van der Waals surface area (Å²) in [5, 5.41) is 13.4. The van der Waals surface area contributed by atoms with E-state index in [1.165, 1.54) is 18.2 Å². The maximum Gasteiger partial charge on any atom is 0.285 e. The first kappa shape index (κ1) is 14.6. The van der Waals surface area contributed by atoms with Gasteiger partial charge >= 0.3 is 0 Å². The second-order valence-corrected chi connectivity index (χ2v) is 4.67. The molecule has 21 heavy (non-hydrogen) atoms. The molecule has 1 N–H and O–H groups in total. The Bertz CT molecular complexity index is 729. The van der Waals surface area contributed by atoms with Gasteiger partial charge in [-0.05, 0) is 37.6 Å². The molecule has 6 heteroatoms. The molecule has 0 aliphatic heterocycles. The number of para-hydroxylation sites is 1. The van der Waals surface area contributed by atoms with Crippen molar-refractivity contribution < 1.29 is 14.1 Å². The van der Waals surface area contributed by atoms with E-state index in [0.717, 1.165) is 5.56 Å². The van der Waals surface area contributed by atoms with Gasteiger partial charge in [0, 0.05) is 5.56 Å². The van der Waals surface area contributed by atoms with E-state index in [2.05, 4.69) is 5.32 Å². The third kappa shape index (κ3) is 3.05. The molecule has 108 valence electrons. The van der Waals surface area contributed by atoms with Crippen molar-refractivity contribution in [3.63, 3.8) is 0 Å². The second-order valence-electron chi connectivity index (χ2n) is 4.67. The van der Waals surface area contributed by atoms with Crippen LogP contribution < -0.4 is 5.32 Å². The molecule has 0 fully saturated rings. The number of halogens is 1. The van der Waals surface area contributed by atoms with E-state index in [-0.39, 0.29) is 16.9 Å². The normalized spacial score (nSPS) is 10.2. The summed E-state index contributed by atoms with van der Waals surface area (Å²) >= 11 is 0. The zero-order valence-electron chi connectivity index (χ0n) is 11.5. The Morgan fingerprint density at radius 3 is 2.62 bits per heavy atom. The first-order chi connectivity index (χ1) is 9.90. The summed E-state index contributed by atoms with van der Waals surface area (Å²) in [4.78, 5) is 22.6. The van der Waals surface area contributed by atoms with Crippen molar-refractivity contribution in [1.82, 2.24) is 0 Å². The molecule has 0 aromatic heterocycles. The summed E-state index contributed by atoms with van der Waals surface area (Å²) in [5.41, 5.74) is 0.766. The van der Waals surface area contributed by atoms with Gasteiger partial charge in [-0.25, -0.2) is 4.39 Å². The van der Waals surface area contributed by atoms with Crippen LogP contribution in [0.5, 0.6) is 0 Å². The Morgan fingerprint density at radius 1 is 1.24 bits per heavy atom. The van der Waals surface area contributed by atoms with Crippen LogP contribution in [-0.4, -0.2) is 10.8 Å². The smallest absolute Gasteiger partial charge is 0.285 e. The summed E-state index contributed by atoms with van der Waals surface area (Å²) in [5.74, 6) is -1.31. The molecule has 0 radical (unpaired) electrons. The van der Waals surface area contributed by atoms with Gasteiger partial charge in [-0.3, -0.25) is 14.9 Å². The lowest BCUT2D eigenvalue weighted by molar-refractivity contribution is -0.385. The number of nitro groups is 1. The lowest BCUT2D eigenvalue weighted by atomic mass is 10.1. The number of nitrogens with zero attached hydrogens (tertiary/aromatic N) is 1. The molecule has 0 unspecified atom stereocenters. The molecule has 0 bridgehead atoms. The molecule has 0 atom stereocenters. The van der Waals surface area contributed by atoms with Crippen LogP contribution >= 0.6 is 0 Å². The molecular formula is C15H13FN2O3. The zero-order chi connectivity index (χ0) is 15.6. The predicted molar refractivity (Wildman–Crippen MR) is 76.9 cm³/mol. The Balaban J connectivity index is 2.40. The maximum absolute atomic E-state index is 13.6. The van der Waals surface area contributed by atoms with E-state index in [0.29, 0.717) is 5.56 Å².